The zero-order chi connectivity index (χ0) is 9.84. The van der Waals surface area contributed by atoms with E-state index in [-0.39, 0.29) is 0 Å². The van der Waals surface area contributed by atoms with Crippen molar-refractivity contribution >= 4 is 0 Å². The van der Waals surface area contributed by atoms with Gasteiger partial charge in [-0.15, -0.1) is 0 Å². The van der Waals surface area contributed by atoms with Crippen LogP contribution in [0.2, 0.25) is 0 Å². The molecule has 0 N–H and O–H groups in total. The summed E-state index contributed by atoms with van der Waals surface area (Å²) in [5.41, 5.74) is 0. The largest absolute Gasteiger partial charge is 0.0651 e. The van der Waals surface area contributed by atoms with E-state index in [0.717, 1.165) is 23.7 Å². The molecule has 0 heterocycles. The molecule has 0 saturated heterocycles. The van der Waals surface area contributed by atoms with Gasteiger partial charge in [0.2, 0.25) is 0 Å². The quantitative estimate of drug-likeness (QED) is 0.567. The Morgan fingerprint density at radius 3 is 2.23 bits per heavy atom. The second-order valence-electron chi connectivity index (χ2n) is 5.25. The summed E-state index contributed by atoms with van der Waals surface area (Å²) in [7, 11) is 0. The first-order valence-corrected chi connectivity index (χ1v) is 6.17. The summed E-state index contributed by atoms with van der Waals surface area (Å²) in [5.74, 6) is 4.11. The van der Waals surface area contributed by atoms with E-state index in [4.69, 9.17) is 0 Å². The molecule has 0 aromatic heterocycles. The van der Waals surface area contributed by atoms with Gasteiger partial charge in [0.05, 0.1) is 0 Å². The Hall–Kier alpha value is 0. The van der Waals surface area contributed by atoms with E-state index < -0.39 is 0 Å². The molecule has 0 aliphatic heterocycles. The number of hydrogen-bond acceptors (Lipinski definition) is 0. The molecule has 13 heavy (non-hydrogen) atoms. The molecule has 0 aromatic rings. The van der Waals surface area contributed by atoms with Crippen LogP contribution < -0.4 is 0 Å². The predicted molar refractivity (Wildman–Crippen MR) is 59.7 cm³/mol. The maximum Gasteiger partial charge on any atom is -0.0381 e. The van der Waals surface area contributed by atoms with Crippen LogP contribution in [0.3, 0.4) is 0 Å². The molecule has 0 bridgehead atoms. The van der Waals surface area contributed by atoms with Crippen LogP contribution in [0.25, 0.3) is 0 Å². The average Bonchev–Trinajstić information content (AvgIpc) is 2.82. The molecule has 1 saturated carbocycles. The molecule has 1 rings (SSSR count). The van der Waals surface area contributed by atoms with Gasteiger partial charge >= 0.3 is 0 Å². The summed E-state index contributed by atoms with van der Waals surface area (Å²) in [6.07, 6.45) is 7.25. The molecule has 0 radical (unpaired) electrons. The summed E-state index contributed by atoms with van der Waals surface area (Å²) >= 11 is 0. The molecule has 1 fully saturated rings. The Kier molecular flexibility index (Phi) is 4.28. The Balaban J connectivity index is 2.08. The highest BCUT2D eigenvalue weighted by molar-refractivity contribution is 4.86. The fraction of sp³-hybridized carbons (Fsp3) is 1.00. The SMILES string of the molecule is CCC(C)CC(C)CC1CC1CC. The van der Waals surface area contributed by atoms with E-state index in [0.29, 0.717) is 0 Å². The Morgan fingerprint density at radius 2 is 1.77 bits per heavy atom. The van der Waals surface area contributed by atoms with Crippen molar-refractivity contribution in [3.05, 3.63) is 0 Å². The normalized spacial score (nSPS) is 31.4. The highest BCUT2D eigenvalue weighted by atomic mass is 14.4. The molecule has 0 aromatic carbocycles. The van der Waals surface area contributed by atoms with Crippen LogP contribution in [0.15, 0.2) is 0 Å². The molecule has 1 aliphatic rings. The van der Waals surface area contributed by atoms with Crippen molar-refractivity contribution in [1.82, 2.24) is 0 Å². The molecular weight excluding hydrogens is 156 g/mol. The Bertz CT molecular complexity index is 139. The van der Waals surface area contributed by atoms with Gasteiger partial charge in [0.15, 0.2) is 0 Å². The minimum atomic E-state index is 0.939. The van der Waals surface area contributed by atoms with Crippen molar-refractivity contribution in [2.45, 2.75) is 59.8 Å². The van der Waals surface area contributed by atoms with Gasteiger partial charge < -0.3 is 0 Å². The standard InChI is InChI=1S/C13H26/c1-5-10(3)7-11(4)8-13-9-12(13)6-2/h10-13H,5-9H2,1-4H3. The van der Waals surface area contributed by atoms with E-state index in [1.54, 1.807) is 0 Å². The lowest BCUT2D eigenvalue weighted by Crippen LogP contribution is -2.03. The van der Waals surface area contributed by atoms with Crippen LogP contribution in [0.5, 0.6) is 0 Å². The summed E-state index contributed by atoms with van der Waals surface area (Å²) in [4.78, 5) is 0. The van der Waals surface area contributed by atoms with Crippen molar-refractivity contribution in [3.63, 3.8) is 0 Å². The molecular formula is C13H26. The first-order chi connectivity index (χ1) is 6.17. The third kappa shape index (κ3) is 3.70. The van der Waals surface area contributed by atoms with Gasteiger partial charge in [-0.1, -0.05) is 40.5 Å². The lowest BCUT2D eigenvalue weighted by molar-refractivity contribution is 0.366. The van der Waals surface area contributed by atoms with E-state index in [9.17, 15) is 0 Å². The van der Waals surface area contributed by atoms with Gasteiger partial charge in [-0.2, -0.15) is 0 Å². The van der Waals surface area contributed by atoms with Gasteiger partial charge in [-0.25, -0.2) is 0 Å². The van der Waals surface area contributed by atoms with Gasteiger partial charge in [0, 0.05) is 0 Å². The first kappa shape index (κ1) is 11.1. The molecule has 78 valence electrons. The van der Waals surface area contributed by atoms with Crippen LogP contribution >= 0.6 is 0 Å². The summed E-state index contributed by atoms with van der Waals surface area (Å²) < 4.78 is 0. The maximum absolute atomic E-state index is 2.44. The van der Waals surface area contributed by atoms with Crippen molar-refractivity contribution in [2.24, 2.45) is 23.7 Å². The van der Waals surface area contributed by atoms with Crippen LogP contribution in [-0.2, 0) is 0 Å². The summed E-state index contributed by atoms with van der Waals surface area (Å²) in [6.45, 7) is 9.48. The predicted octanol–water partition coefficient (Wildman–Crippen LogP) is 4.49. The third-order valence-electron chi connectivity index (χ3n) is 3.80. The first-order valence-electron chi connectivity index (χ1n) is 6.17. The fourth-order valence-corrected chi connectivity index (χ4v) is 2.57. The monoisotopic (exact) mass is 182 g/mol. The van der Waals surface area contributed by atoms with E-state index in [1.807, 2.05) is 0 Å². The maximum atomic E-state index is 2.44. The Morgan fingerprint density at radius 1 is 1.08 bits per heavy atom. The molecule has 0 nitrogen and oxygen atoms in total. The summed E-state index contributed by atoms with van der Waals surface area (Å²) in [6, 6.07) is 0. The minimum Gasteiger partial charge on any atom is -0.0651 e. The number of hydrogen-bond donors (Lipinski definition) is 0. The zero-order valence-electron chi connectivity index (χ0n) is 9.84. The highest BCUT2D eigenvalue weighted by Crippen LogP contribution is 2.45. The molecule has 0 amide bonds. The van der Waals surface area contributed by atoms with Crippen molar-refractivity contribution in [3.8, 4) is 0 Å². The van der Waals surface area contributed by atoms with Crippen LogP contribution in [0, 0.1) is 23.7 Å². The van der Waals surface area contributed by atoms with Crippen LogP contribution in [-0.4, -0.2) is 0 Å². The molecule has 4 atom stereocenters. The fourth-order valence-electron chi connectivity index (χ4n) is 2.57. The van der Waals surface area contributed by atoms with Crippen molar-refractivity contribution in [2.75, 3.05) is 0 Å². The third-order valence-corrected chi connectivity index (χ3v) is 3.80. The Labute approximate surface area is 84.1 Å². The topological polar surface area (TPSA) is 0 Å². The smallest absolute Gasteiger partial charge is 0.0381 e. The number of rotatable bonds is 6. The second kappa shape index (κ2) is 5.02. The van der Waals surface area contributed by atoms with E-state index >= 15 is 0 Å². The lowest BCUT2D eigenvalue weighted by Gasteiger charge is -2.15. The van der Waals surface area contributed by atoms with E-state index in [2.05, 4.69) is 27.7 Å². The molecule has 4 unspecified atom stereocenters. The summed E-state index contributed by atoms with van der Waals surface area (Å²) in [5, 5.41) is 0. The van der Waals surface area contributed by atoms with Gasteiger partial charge in [-0.3, -0.25) is 0 Å². The van der Waals surface area contributed by atoms with Crippen LogP contribution in [0.4, 0.5) is 0 Å². The molecule has 0 spiro atoms. The van der Waals surface area contributed by atoms with Gasteiger partial charge in [-0.05, 0) is 42.9 Å². The van der Waals surface area contributed by atoms with Crippen molar-refractivity contribution < 1.29 is 0 Å². The molecule has 0 heteroatoms. The second-order valence-corrected chi connectivity index (χ2v) is 5.25. The van der Waals surface area contributed by atoms with Gasteiger partial charge in [0.25, 0.3) is 0 Å². The molecule has 1 aliphatic carbocycles. The van der Waals surface area contributed by atoms with Gasteiger partial charge in [0.1, 0.15) is 0 Å². The van der Waals surface area contributed by atoms with E-state index in [1.165, 1.54) is 32.1 Å². The zero-order valence-corrected chi connectivity index (χ0v) is 9.84. The average molecular weight is 182 g/mol. The van der Waals surface area contributed by atoms with Crippen molar-refractivity contribution in [1.29, 1.82) is 0 Å². The van der Waals surface area contributed by atoms with Crippen LogP contribution in [0.1, 0.15) is 59.8 Å². The lowest BCUT2D eigenvalue weighted by atomic mass is 9.91. The minimum absolute atomic E-state index is 0.939. The highest BCUT2D eigenvalue weighted by Gasteiger charge is 2.35.